The number of hydrogen-bond acceptors (Lipinski definition) is 4. The lowest BCUT2D eigenvalue weighted by atomic mass is 9.96. The van der Waals surface area contributed by atoms with E-state index in [-0.39, 0.29) is 0 Å². The normalized spacial score (nSPS) is 11.7. The summed E-state index contributed by atoms with van der Waals surface area (Å²) in [6, 6.07) is 57.0. The molecule has 8 aromatic carbocycles. The Morgan fingerprint density at radius 2 is 0.959 bits per heavy atom. The zero-order chi connectivity index (χ0) is 32.3. The molecule has 0 atom stereocenters. The number of benzene rings is 8. The minimum absolute atomic E-state index is 0.607. The van der Waals surface area contributed by atoms with Crippen LogP contribution in [0.15, 0.2) is 168 Å². The summed E-state index contributed by atoms with van der Waals surface area (Å²) >= 11 is 0. The SMILES string of the molecule is c1ccc(-c2ccc3c(ccc4ccc(-c5nc(-c6cccc7ccccc67)nc(-c6cccc7oc8ccccc8c67)n5)cc43)c2)cc1. The van der Waals surface area contributed by atoms with Gasteiger partial charge in [-0.05, 0) is 67.7 Å². The molecule has 0 unspecified atom stereocenters. The number of aromatic nitrogens is 3. The molecule has 0 bridgehead atoms. The minimum atomic E-state index is 0.607. The molecule has 0 radical (unpaired) electrons. The van der Waals surface area contributed by atoms with E-state index < -0.39 is 0 Å². The Kier molecular flexibility index (Phi) is 6.15. The molecule has 0 N–H and O–H groups in total. The summed E-state index contributed by atoms with van der Waals surface area (Å²) in [6.07, 6.45) is 0. The highest BCUT2D eigenvalue weighted by molar-refractivity contribution is 6.12. The second-order valence-electron chi connectivity index (χ2n) is 12.4. The molecule has 0 saturated heterocycles. The summed E-state index contributed by atoms with van der Waals surface area (Å²) in [6.45, 7) is 0. The zero-order valence-corrected chi connectivity index (χ0v) is 26.3. The second-order valence-corrected chi connectivity index (χ2v) is 12.4. The van der Waals surface area contributed by atoms with Gasteiger partial charge in [-0.25, -0.2) is 15.0 Å². The molecular weight excluding hydrogens is 599 g/mol. The number of furan rings is 1. The Labute approximate surface area is 282 Å². The van der Waals surface area contributed by atoms with Gasteiger partial charge in [0.15, 0.2) is 17.5 Å². The highest BCUT2D eigenvalue weighted by Gasteiger charge is 2.19. The van der Waals surface area contributed by atoms with Crippen LogP contribution >= 0.6 is 0 Å². The van der Waals surface area contributed by atoms with Gasteiger partial charge in [0.25, 0.3) is 0 Å². The van der Waals surface area contributed by atoms with Crippen LogP contribution in [0.5, 0.6) is 0 Å². The van der Waals surface area contributed by atoms with E-state index in [1.54, 1.807) is 0 Å². The number of hydrogen-bond donors (Lipinski definition) is 0. The van der Waals surface area contributed by atoms with Gasteiger partial charge < -0.3 is 4.42 Å². The third-order valence-corrected chi connectivity index (χ3v) is 9.51. The summed E-state index contributed by atoms with van der Waals surface area (Å²) in [4.78, 5) is 15.5. The molecule has 10 rings (SSSR count). The average Bonchev–Trinajstić information content (AvgIpc) is 3.56. The highest BCUT2D eigenvalue weighted by Crippen LogP contribution is 2.38. The van der Waals surface area contributed by atoms with Crippen LogP contribution in [0.4, 0.5) is 0 Å². The van der Waals surface area contributed by atoms with Crippen molar-refractivity contribution >= 4 is 54.3 Å². The number of fused-ring (bicyclic) bond motifs is 7. The van der Waals surface area contributed by atoms with Gasteiger partial charge in [-0.1, -0.05) is 140 Å². The third-order valence-electron chi connectivity index (χ3n) is 9.51. The average molecular weight is 626 g/mol. The summed E-state index contributed by atoms with van der Waals surface area (Å²) in [5, 5.41) is 8.98. The molecule has 0 fully saturated rings. The molecule has 2 heterocycles. The first kappa shape index (κ1) is 27.5. The topological polar surface area (TPSA) is 51.8 Å². The lowest BCUT2D eigenvalue weighted by molar-refractivity contribution is 0.669. The molecule has 4 nitrogen and oxygen atoms in total. The Morgan fingerprint density at radius 3 is 1.88 bits per heavy atom. The van der Waals surface area contributed by atoms with Crippen molar-refractivity contribution in [3.8, 4) is 45.3 Å². The van der Waals surface area contributed by atoms with Crippen LogP contribution in [-0.4, -0.2) is 15.0 Å². The standard InChI is InChI=1S/C45H27N3O/c1-2-10-28(11-3-1)31-24-25-35-32(26-31)22-20-30-21-23-33(27-39(30)35)43-46-44(36-16-8-13-29-12-4-5-14-34(29)36)48-45(47-43)38-17-9-19-41-42(38)37-15-6-7-18-40(37)49-41/h1-27H. The molecule has 4 heteroatoms. The summed E-state index contributed by atoms with van der Waals surface area (Å²) in [5.41, 5.74) is 6.86. The van der Waals surface area contributed by atoms with Crippen molar-refractivity contribution in [3.05, 3.63) is 164 Å². The predicted octanol–water partition coefficient (Wildman–Crippen LogP) is 11.9. The molecule has 2 aromatic heterocycles. The monoisotopic (exact) mass is 625 g/mol. The van der Waals surface area contributed by atoms with Crippen molar-refractivity contribution in [2.24, 2.45) is 0 Å². The Hall–Kier alpha value is -6.65. The van der Waals surface area contributed by atoms with Crippen molar-refractivity contribution in [3.63, 3.8) is 0 Å². The fraction of sp³-hybridized carbons (Fsp3) is 0. The van der Waals surface area contributed by atoms with Gasteiger partial charge in [-0.15, -0.1) is 0 Å². The van der Waals surface area contributed by atoms with Gasteiger partial charge in [0.05, 0.1) is 0 Å². The van der Waals surface area contributed by atoms with Gasteiger partial charge in [0, 0.05) is 27.5 Å². The molecular formula is C45H27N3O. The third kappa shape index (κ3) is 4.57. The Bertz CT molecular complexity index is 2890. The fourth-order valence-corrected chi connectivity index (χ4v) is 7.14. The largest absolute Gasteiger partial charge is 0.456 e. The summed E-state index contributed by atoms with van der Waals surface area (Å²) in [7, 11) is 0. The second kappa shape index (κ2) is 11.0. The maximum atomic E-state index is 6.26. The molecule has 0 aliphatic heterocycles. The number of nitrogens with zero attached hydrogens (tertiary/aromatic N) is 3. The number of rotatable bonds is 4. The predicted molar refractivity (Wildman–Crippen MR) is 201 cm³/mol. The molecule has 0 amide bonds. The van der Waals surface area contributed by atoms with E-state index in [1.165, 1.54) is 27.3 Å². The summed E-state index contributed by atoms with van der Waals surface area (Å²) in [5.74, 6) is 1.86. The van der Waals surface area contributed by atoms with Crippen molar-refractivity contribution in [1.29, 1.82) is 0 Å². The van der Waals surface area contributed by atoms with Gasteiger partial charge in [0.2, 0.25) is 0 Å². The van der Waals surface area contributed by atoms with Gasteiger partial charge in [-0.2, -0.15) is 0 Å². The molecule has 0 aliphatic rings. The fourth-order valence-electron chi connectivity index (χ4n) is 7.14. The lowest BCUT2D eigenvalue weighted by Gasteiger charge is -2.12. The molecule has 0 saturated carbocycles. The van der Waals surface area contributed by atoms with Crippen LogP contribution in [0.3, 0.4) is 0 Å². The van der Waals surface area contributed by atoms with Crippen molar-refractivity contribution in [2.75, 3.05) is 0 Å². The molecule has 228 valence electrons. The quantitative estimate of drug-likeness (QED) is 0.183. The molecule has 10 aromatic rings. The van der Waals surface area contributed by atoms with E-state index in [0.29, 0.717) is 17.5 Å². The molecule has 0 aliphatic carbocycles. The summed E-state index contributed by atoms with van der Waals surface area (Å²) < 4.78 is 6.26. The Balaban J connectivity index is 1.21. The van der Waals surface area contributed by atoms with Crippen LogP contribution in [0.25, 0.3) is 99.5 Å². The molecule has 0 spiro atoms. The zero-order valence-electron chi connectivity index (χ0n) is 26.3. The maximum Gasteiger partial charge on any atom is 0.164 e. The van der Waals surface area contributed by atoms with Gasteiger partial charge in [0.1, 0.15) is 11.2 Å². The first-order valence-corrected chi connectivity index (χ1v) is 16.4. The van der Waals surface area contributed by atoms with Crippen molar-refractivity contribution < 1.29 is 4.42 Å². The number of para-hydroxylation sites is 1. The van der Waals surface area contributed by atoms with E-state index in [4.69, 9.17) is 19.4 Å². The van der Waals surface area contributed by atoms with E-state index in [2.05, 4.69) is 133 Å². The first-order valence-electron chi connectivity index (χ1n) is 16.4. The first-order chi connectivity index (χ1) is 24.3. The minimum Gasteiger partial charge on any atom is -0.456 e. The van der Waals surface area contributed by atoms with Crippen LogP contribution in [0, 0.1) is 0 Å². The maximum absolute atomic E-state index is 6.26. The van der Waals surface area contributed by atoms with Gasteiger partial charge in [-0.3, -0.25) is 0 Å². The molecule has 49 heavy (non-hydrogen) atoms. The highest BCUT2D eigenvalue weighted by atomic mass is 16.3. The van der Waals surface area contributed by atoms with Crippen LogP contribution in [0.2, 0.25) is 0 Å². The smallest absolute Gasteiger partial charge is 0.164 e. The van der Waals surface area contributed by atoms with Crippen LogP contribution < -0.4 is 0 Å². The van der Waals surface area contributed by atoms with Crippen LogP contribution in [-0.2, 0) is 0 Å². The van der Waals surface area contributed by atoms with Crippen molar-refractivity contribution in [1.82, 2.24) is 15.0 Å². The Morgan fingerprint density at radius 1 is 0.327 bits per heavy atom. The van der Waals surface area contributed by atoms with E-state index in [1.807, 2.05) is 30.3 Å². The van der Waals surface area contributed by atoms with Crippen LogP contribution in [0.1, 0.15) is 0 Å². The van der Waals surface area contributed by atoms with E-state index >= 15 is 0 Å². The van der Waals surface area contributed by atoms with E-state index in [9.17, 15) is 0 Å². The van der Waals surface area contributed by atoms with E-state index in [0.717, 1.165) is 54.8 Å². The van der Waals surface area contributed by atoms with Gasteiger partial charge >= 0.3 is 0 Å². The lowest BCUT2D eigenvalue weighted by Crippen LogP contribution is -2.01. The van der Waals surface area contributed by atoms with Crippen molar-refractivity contribution in [2.45, 2.75) is 0 Å².